The minimum Gasteiger partial charge on any atom is -0.322 e. The van der Waals surface area contributed by atoms with Crippen LogP contribution in [0.25, 0.3) is 0 Å². The van der Waals surface area contributed by atoms with Gasteiger partial charge in [-0.15, -0.1) is 11.6 Å². The number of amides is 2. The molecule has 1 rings (SSSR count). The maximum Gasteiger partial charge on any atom is 0.248 e. The van der Waals surface area contributed by atoms with Crippen LogP contribution in [0.1, 0.15) is 11.1 Å². The van der Waals surface area contributed by atoms with E-state index in [1.54, 1.807) is 0 Å². The molecule has 0 atom stereocenters. The molecule has 0 heterocycles. The second-order valence-corrected chi connectivity index (χ2v) is 3.97. The summed E-state index contributed by atoms with van der Waals surface area (Å²) < 4.78 is 0. The second-order valence-electron chi connectivity index (χ2n) is 3.70. The van der Waals surface area contributed by atoms with Crippen molar-refractivity contribution < 1.29 is 9.59 Å². The van der Waals surface area contributed by atoms with Gasteiger partial charge in [-0.05, 0) is 25.0 Å². The van der Waals surface area contributed by atoms with Crippen LogP contribution in [0.3, 0.4) is 0 Å². The van der Waals surface area contributed by atoms with Gasteiger partial charge in [0.1, 0.15) is 5.88 Å². The van der Waals surface area contributed by atoms with Crippen molar-refractivity contribution in [3.63, 3.8) is 0 Å². The van der Waals surface area contributed by atoms with Gasteiger partial charge in [0.15, 0.2) is 0 Å². The Morgan fingerprint density at radius 2 is 1.76 bits per heavy atom. The average Bonchev–Trinajstić information content (AvgIpc) is 2.32. The number of para-hydroxylation sites is 1. The largest absolute Gasteiger partial charge is 0.322 e. The van der Waals surface area contributed by atoms with Gasteiger partial charge in [0.05, 0.1) is 12.2 Å². The van der Waals surface area contributed by atoms with Crippen LogP contribution in [0.15, 0.2) is 18.2 Å². The first kappa shape index (κ1) is 13.7. The predicted octanol–water partition coefficient (Wildman–Crippen LogP) is 1.36. The fraction of sp³-hybridized carbons (Fsp3) is 0.333. The van der Waals surface area contributed by atoms with E-state index in [0.717, 1.165) is 16.0 Å². The van der Waals surface area contributed by atoms with Crippen LogP contribution in [0.4, 0.5) is 5.69 Å². The summed E-state index contributed by atoms with van der Waals surface area (Å²) in [6, 6.07) is 5.53. The van der Waals surface area contributed by atoms with Crippen molar-refractivity contribution in [3.05, 3.63) is 29.3 Å². The Bertz CT molecular complexity index is 410. The van der Waals surface area contributed by atoms with Crippen molar-refractivity contribution in [2.24, 2.45) is 5.73 Å². The van der Waals surface area contributed by atoms with Gasteiger partial charge in [0, 0.05) is 0 Å². The topological polar surface area (TPSA) is 63.4 Å². The maximum absolute atomic E-state index is 11.7. The van der Waals surface area contributed by atoms with Crippen molar-refractivity contribution in [1.82, 2.24) is 0 Å². The first-order valence-corrected chi connectivity index (χ1v) is 5.74. The summed E-state index contributed by atoms with van der Waals surface area (Å²) >= 11 is 5.52. The molecular weight excluding hydrogens is 240 g/mol. The van der Waals surface area contributed by atoms with Gasteiger partial charge in [0.25, 0.3) is 0 Å². The number of carbonyl (C=O) groups excluding carboxylic acids is 2. The number of imide groups is 1. The van der Waals surface area contributed by atoms with Crippen LogP contribution >= 0.6 is 11.6 Å². The summed E-state index contributed by atoms with van der Waals surface area (Å²) in [6.45, 7) is 3.44. The van der Waals surface area contributed by atoms with E-state index in [2.05, 4.69) is 0 Å². The predicted molar refractivity (Wildman–Crippen MR) is 68.2 cm³/mol. The Labute approximate surface area is 105 Å². The zero-order valence-electron chi connectivity index (χ0n) is 9.87. The Kier molecular flexibility index (Phi) is 4.66. The highest BCUT2D eigenvalue weighted by Gasteiger charge is 2.24. The standard InChI is InChI=1S/C12H15ClN2O2/c1-8-4-3-5-9(2)12(8)15(10(16)6-13)11(17)7-14/h3-5H,6-7,14H2,1-2H3. The molecule has 0 unspecified atom stereocenters. The van der Waals surface area contributed by atoms with Crippen molar-refractivity contribution >= 4 is 29.1 Å². The minimum absolute atomic E-state index is 0.226. The minimum atomic E-state index is -0.459. The highest BCUT2D eigenvalue weighted by molar-refractivity contribution is 6.33. The molecule has 92 valence electrons. The lowest BCUT2D eigenvalue weighted by Crippen LogP contribution is -2.42. The molecule has 0 aliphatic carbocycles. The quantitative estimate of drug-likeness (QED) is 0.829. The lowest BCUT2D eigenvalue weighted by Gasteiger charge is -2.23. The van der Waals surface area contributed by atoms with E-state index in [4.69, 9.17) is 17.3 Å². The van der Waals surface area contributed by atoms with Crippen molar-refractivity contribution in [3.8, 4) is 0 Å². The lowest BCUT2D eigenvalue weighted by atomic mass is 10.1. The molecule has 1 aromatic rings. The fourth-order valence-electron chi connectivity index (χ4n) is 1.70. The highest BCUT2D eigenvalue weighted by Crippen LogP contribution is 2.25. The molecule has 0 saturated carbocycles. The summed E-state index contributed by atoms with van der Waals surface area (Å²) in [4.78, 5) is 24.5. The lowest BCUT2D eigenvalue weighted by molar-refractivity contribution is -0.124. The van der Waals surface area contributed by atoms with Crippen LogP contribution in [-0.4, -0.2) is 24.2 Å². The number of benzene rings is 1. The number of rotatable bonds is 3. The molecular formula is C12H15ClN2O2. The van der Waals surface area contributed by atoms with Gasteiger partial charge in [0.2, 0.25) is 11.8 Å². The first-order valence-electron chi connectivity index (χ1n) is 5.21. The van der Waals surface area contributed by atoms with Gasteiger partial charge < -0.3 is 5.73 Å². The normalized spacial score (nSPS) is 10.1. The number of hydrogen-bond acceptors (Lipinski definition) is 3. The van der Waals surface area contributed by atoms with Crippen molar-refractivity contribution in [1.29, 1.82) is 0 Å². The van der Waals surface area contributed by atoms with Gasteiger partial charge in [-0.2, -0.15) is 0 Å². The molecule has 0 aromatic heterocycles. The number of anilines is 1. The van der Waals surface area contributed by atoms with Gasteiger partial charge in [-0.25, -0.2) is 4.90 Å². The molecule has 2 amide bonds. The molecule has 5 heteroatoms. The van der Waals surface area contributed by atoms with E-state index in [9.17, 15) is 9.59 Å². The third-order valence-corrected chi connectivity index (χ3v) is 2.68. The third-order valence-electron chi connectivity index (χ3n) is 2.45. The summed E-state index contributed by atoms with van der Waals surface area (Å²) in [5, 5.41) is 0. The highest BCUT2D eigenvalue weighted by atomic mass is 35.5. The maximum atomic E-state index is 11.7. The molecule has 0 spiro atoms. The summed E-state index contributed by atoms with van der Waals surface area (Å²) in [6.07, 6.45) is 0. The Balaban J connectivity index is 3.31. The van der Waals surface area contributed by atoms with Gasteiger partial charge >= 0.3 is 0 Å². The van der Waals surface area contributed by atoms with E-state index in [0.29, 0.717) is 5.69 Å². The van der Waals surface area contributed by atoms with Gasteiger partial charge in [-0.3, -0.25) is 9.59 Å². The molecule has 0 fully saturated rings. The summed E-state index contributed by atoms with van der Waals surface area (Å²) in [7, 11) is 0. The van der Waals surface area contributed by atoms with E-state index in [-0.39, 0.29) is 12.4 Å². The van der Waals surface area contributed by atoms with E-state index in [1.165, 1.54) is 0 Å². The molecule has 0 bridgehead atoms. The molecule has 0 aliphatic rings. The number of hydrogen-bond donors (Lipinski definition) is 1. The SMILES string of the molecule is Cc1cccc(C)c1N(C(=O)CN)C(=O)CCl. The summed E-state index contributed by atoms with van der Waals surface area (Å²) in [5.74, 6) is -1.16. The van der Waals surface area contributed by atoms with Gasteiger partial charge in [-0.1, -0.05) is 18.2 Å². The Morgan fingerprint density at radius 1 is 1.24 bits per heavy atom. The zero-order valence-corrected chi connectivity index (χ0v) is 10.6. The number of alkyl halides is 1. The number of aryl methyl sites for hydroxylation is 2. The molecule has 0 radical (unpaired) electrons. The van der Waals surface area contributed by atoms with Crippen LogP contribution in [0, 0.1) is 13.8 Å². The molecule has 1 aromatic carbocycles. The number of halogens is 1. The smallest absolute Gasteiger partial charge is 0.248 e. The van der Waals surface area contributed by atoms with E-state index >= 15 is 0 Å². The van der Waals surface area contributed by atoms with Crippen molar-refractivity contribution in [2.45, 2.75) is 13.8 Å². The summed E-state index contributed by atoms with van der Waals surface area (Å²) in [5.41, 5.74) is 7.57. The molecule has 0 aliphatic heterocycles. The third kappa shape index (κ3) is 2.84. The monoisotopic (exact) mass is 254 g/mol. The second kappa shape index (κ2) is 5.80. The number of nitrogens with zero attached hydrogens (tertiary/aromatic N) is 1. The Morgan fingerprint density at radius 3 is 2.18 bits per heavy atom. The van der Waals surface area contributed by atoms with E-state index < -0.39 is 11.8 Å². The first-order chi connectivity index (χ1) is 8.02. The Hall–Kier alpha value is -1.39. The fourth-order valence-corrected chi connectivity index (χ4v) is 1.82. The molecule has 4 nitrogen and oxygen atoms in total. The number of nitrogens with two attached hydrogens (primary N) is 1. The van der Waals surface area contributed by atoms with Crippen LogP contribution in [0.2, 0.25) is 0 Å². The van der Waals surface area contributed by atoms with Crippen LogP contribution < -0.4 is 10.6 Å². The molecule has 2 N–H and O–H groups in total. The zero-order chi connectivity index (χ0) is 13.0. The van der Waals surface area contributed by atoms with E-state index in [1.807, 2.05) is 32.0 Å². The molecule has 17 heavy (non-hydrogen) atoms. The number of carbonyl (C=O) groups is 2. The van der Waals surface area contributed by atoms with Crippen LogP contribution in [-0.2, 0) is 9.59 Å². The molecule has 0 saturated heterocycles. The van der Waals surface area contributed by atoms with Crippen LogP contribution in [0.5, 0.6) is 0 Å². The van der Waals surface area contributed by atoms with Crippen molar-refractivity contribution in [2.75, 3.05) is 17.3 Å². The average molecular weight is 255 g/mol.